The summed E-state index contributed by atoms with van der Waals surface area (Å²) in [4.78, 5) is 0.165. The van der Waals surface area contributed by atoms with Crippen LogP contribution in [0.25, 0.3) is 0 Å². The highest BCUT2D eigenvalue weighted by molar-refractivity contribution is 7.94. The Balaban J connectivity index is 2.48. The Morgan fingerprint density at radius 3 is 2.39 bits per heavy atom. The highest BCUT2D eigenvalue weighted by Crippen LogP contribution is 2.17. The van der Waals surface area contributed by atoms with Gasteiger partial charge in [0.1, 0.15) is 19.0 Å². The molecule has 0 saturated carbocycles. The Bertz CT molecular complexity index is 467. The van der Waals surface area contributed by atoms with Gasteiger partial charge < -0.3 is 9.47 Å². The average molecular weight is 274 g/mol. The molecular weight excluding hydrogens is 259 g/mol. The van der Waals surface area contributed by atoms with Gasteiger partial charge in [-0.05, 0) is 24.3 Å². The van der Waals surface area contributed by atoms with E-state index in [1.807, 2.05) is 0 Å². The van der Waals surface area contributed by atoms with E-state index in [1.54, 1.807) is 12.1 Å². The Morgan fingerprint density at radius 1 is 1.17 bits per heavy atom. The Hall–Kier alpha value is -1.40. The van der Waals surface area contributed by atoms with Gasteiger partial charge in [0.05, 0.1) is 18.1 Å². The Kier molecular flexibility index (Phi) is 5.80. The van der Waals surface area contributed by atoms with Gasteiger partial charge in [-0.3, -0.25) is 0 Å². The maximum atomic E-state index is 11.7. The van der Waals surface area contributed by atoms with Gasteiger partial charge >= 0.3 is 0 Å². The van der Waals surface area contributed by atoms with Gasteiger partial charge in [-0.2, -0.15) is 0 Å². The van der Waals surface area contributed by atoms with E-state index >= 15 is 0 Å². The lowest BCUT2D eigenvalue weighted by Gasteiger charge is -2.06. The fourth-order valence-electron chi connectivity index (χ4n) is 1.20. The summed E-state index contributed by atoms with van der Waals surface area (Å²) in [5.41, 5.74) is 0. The van der Waals surface area contributed by atoms with Crippen LogP contribution in [0, 0.1) is 0 Å². The van der Waals surface area contributed by atoms with Crippen molar-refractivity contribution in [2.75, 3.05) is 26.5 Å². The van der Waals surface area contributed by atoms with Gasteiger partial charge in [-0.15, -0.1) is 0 Å². The number of halogens is 1. The minimum atomic E-state index is -3.41. The first-order valence-corrected chi connectivity index (χ1v) is 6.89. The third kappa shape index (κ3) is 4.46. The number of rotatable bonds is 8. The predicted molar refractivity (Wildman–Crippen MR) is 66.1 cm³/mol. The topological polar surface area (TPSA) is 52.6 Å². The van der Waals surface area contributed by atoms with Crippen LogP contribution in [-0.4, -0.2) is 34.9 Å². The summed E-state index contributed by atoms with van der Waals surface area (Å²) in [5, 5.41) is 0.896. The summed E-state index contributed by atoms with van der Waals surface area (Å²) in [7, 11) is -3.41. The van der Waals surface area contributed by atoms with Gasteiger partial charge in [0, 0.05) is 5.41 Å². The molecule has 0 N–H and O–H groups in total. The maximum absolute atomic E-state index is 11.7. The molecule has 0 unspecified atom stereocenters. The molecular formula is C12H15FO4S. The first-order chi connectivity index (χ1) is 8.60. The van der Waals surface area contributed by atoms with Crippen molar-refractivity contribution in [3.8, 4) is 5.75 Å². The quantitative estimate of drug-likeness (QED) is 0.680. The van der Waals surface area contributed by atoms with Crippen molar-refractivity contribution in [3.05, 3.63) is 36.3 Å². The molecule has 0 amide bonds. The van der Waals surface area contributed by atoms with Crippen LogP contribution in [0.5, 0.6) is 5.75 Å². The molecule has 0 fully saturated rings. The Labute approximate surface area is 106 Å². The molecule has 4 nitrogen and oxygen atoms in total. The summed E-state index contributed by atoms with van der Waals surface area (Å²) >= 11 is 0. The number of sulfone groups is 1. The zero-order valence-electron chi connectivity index (χ0n) is 9.84. The number of hydrogen-bond donors (Lipinski definition) is 0. The molecule has 0 aliphatic rings. The van der Waals surface area contributed by atoms with E-state index in [4.69, 9.17) is 9.47 Å². The molecule has 0 heterocycles. The molecule has 0 spiro atoms. The summed E-state index contributed by atoms with van der Waals surface area (Å²) in [5.74, 6) is 0.530. The van der Waals surface area contributed by atoms with Crippen molar-refractivity contribution in [2.24, 2.45) is 0 Å². The fourth-order valence-corrected chi connectivity index (χ4v) is 1.90. The van der Waals surface area contributed by atoms with Crippen LogP contribution < -0.4 is 4.74 Å². The van der Waals surface area contributed by atoms with Gasteiger partial charge in [-0.1, -0.05) is 6.58 Å². The Morgan fingerprint density at radius 2 is 1.83 bits per heavy atom. The van der Waals surface area contributed by atoms with Crippen molar-refractivity contribution >= 4 is 9.84 Å². The van der Waals surface area contributed by atoms with E-state index < -0.39 is 16.5 Å². The second-order valence-corrected chi connectivity index (χ2v) is 5.23. The fraction of sp³-hybridized carbons (Fsp3) is 0.333. The maximum Gasteiger partial charge on any atom is 0.199 e. The smallest absolute Gasteiger partial charge is 0.199 e. The summed E-state index contributed by atoms with van der Waals surface area (Å²) < 4.78 is 44.7. The van der Waals surface area contributed by atoms with Crippen LogP contribution in [0.3, 0.4) is 0 Å². The molecule has 0 atom stereocenters. The monoisotopic (exact) mass is 274 g/mol. The lowest BCUT2D eigenvalue weighted by Crippen LogP contribution is -2.08. The third-order valence-corrected chi connectivity index (χ3v) is 3.46. The largest absolute Gasteiger partial charge is 0.491 e. The van der Waals surface area contributed by atoms with Crippen LogP contribution >= 0.6 is 0 Å². The van der Waals surface area contributed by atoms with Crippen LogP contribution in [0.4, 0.5) is 4.39 Å². The van der Waals surface area contributed by atoms with E-state index in [0.717, 1.165) is 5.41 Å². The van der Waals surface area contributed by atoms with Crippen LogP contribution in [0.2, 0.25) is 0 Å². The summed E-state index contributed by atoms with van der Waals surface area (Å²) in [6.45, 7) is 3.35. The molecule has 0 bridgehead atoms. The van der Waals surface area contributed by atoms with Crippen molar-refractivity contribution < 1.29 is 22.3 Å². The van der Waals surface area contributed by atoms with Crippen molar-refractivity contribution in [1.29, 1.82) is 0 Å². The lowest BCUT2D eigenvalue weighted by atomic mass is 10.3. The molecule has 0 saturated heterocycles. The molecule has 6 heteroatoms. The van der Waals surface area contributed by atoms with Gasteiger partial charge in [-0.25, -0.2) is 12.8 Å². The van der Waals surface area contributed by atoms with Gasteiger partial charge in [0.2, 0.25) is 0 Å². The number of hydrogen-bond acceptors (Lipinski definition) is 4. The first-order valence-electron chi connectivity index (χ1n) is 5.34. The van der Waals surface area contributed by atoms with E-state index in [-0.39, 0.29) is 24.7 Å². The zero-order valence-corrected chi connectivity index (χ0v) is 10.7. The van der Waals surface area contributed by atoms with Crippen molar-refractivity contribution in [3.63, 3.8) is 0 Å². The highest BCUT2D eigenvalue weighted by Gasteiger charge is 2.08. The molecule has 1 aromatic carbocycles. The number of benzene rings is 1. The van der Waals surface area contributed by atoms with Crippen molar-refractivity contribution in [2.45, 2.75) is 4.90 Å². The van der Waals surface area contributed by atoms with Gasteiger partial charge in [0.15, 0.2) is 9.84 Å². The first kappa shape index (κ1) is 14.7. The van der Waals surface area contributed by atoms with Crippen LogP contribution in [0.1, 0.15) is 0 Å². The number of alkyl halides is 1. The molecule has 1 rings (SSSR count). The molecule has 100 valence electrons. The van der Waals surface area contributed by atoms with E-state index in [0.29, 0.717) is 5.75 Å². The van der Waals surface area contributed by atoms with Crippen LogP contribution in [0.15, 0.2) is 41.1 Å². The molecule has 1 aromatic rings. The third-order valence-electron chi connectivity index (χ3n) is 2.09. The standard InChI is InChI=1S/C12H15FO4S/c1-2-18(14,15)12-5-3-11(4-6-12)17-10-9-16-8-7-13/h2-6H,1,7-10H2. The average Bonchev–Trinajstić information content (AvgIpc) is 2.39. The SMILES string of the molecule is C=CS(=O)(=O)c1ccc(OCCOCCF)cc1. The molecule has 0 aromatic heterocycles. The van der Waals surface area contributed by atoms with E-state index in [9.17, 15) is 12.8 Å². The molecule has 0 aliphatic heterocycles. The highest BCUT2D eigenvalue weighted by atomic mass is 32.2. The van der Waals surface area contributed by atoms with Crippen molar-refractivity contribution in [1.82, 2.24) is 0 Å². The minimum absolute atomic E-state index is 0.0554. The normalized spacial score (nSPS) is 11.2. The lowest BCUT2D eigenvalue weighted by molar-refractivity contribution is 0.0897. The predicted octanol–water partition coefficient (Wildman–Crippen LogP) is 1.97. The van der Waals surface area contributed by atoms with Gasteiger partial charge in [0.25, 0.3) is 0 Å². The molecule has 0 aliphatic carbocycles. The molecule has 0 radical (unpaired) electrons. The van der Waals surface area contributed by atoms with E-state index in [1.165, 1.54) is 12.1 Å². The van der Waals surface area contributed by atoms with Crippen LogP contribution in [-0.2, 0) is 14.6 Å². The summed E-state index contributed by atoms with van der Waals surface area (Å²) in [6.07, 6.45) is 0. The zero-order chi connectivity index (χ0) is 13.4. The summed E-state index contributed by atoms with van der Waals surface area (Å²) in [6, 6.07) is 5.97. The van der Waals surface area contributed by atoms with E-state index in [2.05, 4.69) is 6.58 Å². The minimum Gasteiger partial charge on any atom is -0.491 e. The second kappa shape index (κ2) is 7.13. The number of ether oxygens (including phenoxy) is 2. The molecule has 18 heavy (non-hydrogen) atoms. The second-order valence-electron chi connectivity index (χ2n) is 3.33.